The van der Waals surface area contributed by atoms with Crippen LogP contribution in [0.15, 0.2) is 32.3 Å². The Morgan fingerprint density at radius 2 is 2.13 bits per heavy atom. The smallest absolute Gasteiger partial charge is 0.314 e. The van der Waals surface area contributed by atoms with E-state index in [-0.39, 0.29) is 23.0 Å². The lowest BCUT2D eigenvalue weighted by Gasteiger charge is -2.22. The first-order valence-electron chi connectivity index (χ1n) is 6.85. The zero-order chi connectivity index (χ0) is 17.0. The molecule has 124 valence electrons. The van der Waals surface area contributed by atoms with Crippen LogP contribution in [-0.2, 0) is 16.8 Å². The molecule has 1 aromatic carbocycles. The summed E-state index contributed by atoms with van der Waals surface area (Å²) in [7, 11) is 0. The summed E-state index contributed by atoms with van der Waals surface area (Å²) in [5, 5.41) is 16.5. The van der Waals surface area contributed by atoms with Gasteiger partial charge in [-0.05, 0) is 23.6 Å². The number of thioether (sulfide) groups is 1. The molecule has 0 aliphatic rings. The summed E-state index contributed by atoms with van der Waals surface area (Å²) < 4.78 is 12.1. The molecule has 1 aromatic heterocycles. The number of benzene rings is 1. The van der Waals surface area contributed by atoms with E-state index in [4.69, 9.17) is 14.3 Å². The molecule has 8 heteroatoms. The van der Waals surface area contributed by atoms with Gasteiger partial charge in [0, 0.05) is 10.0 Å². The van der Waals surface area contributed by atoms with Crippen molar-refractivity contribution in [3.8, 4) is 5.75 Å². The molecule has 6 nitrogen and oxygen atoms in total. The molecule has 2 aromatic rings. The lowest BCUT2D eigenvalue weighted by atomic mass is 9.86. The number of aliphatic carboxylic acids is 1. The maximum atomic E-state index is 10.5. The molecule has 0 spiro atoms. The fraction of sp³-hybridized carbons (Fsp3) is 0.400. The highest BCUT2D eigenvalue weighted by atomic mass is 79.9. The molecular formula is C15H17BrN2O4S. The zero-order valence-corrected chi connectivity index (χ0v) is 15.4. The molecule has 1 N–H and O–H groups in total. The molecule has 0 aliphatic carbocycles. The van der Waals surface area contributed by atoms with Gasteiger partial charge < -0.3 is 14.3 Å². The number of hydrogen-bond donors (Lipinski definition) is 1. The van der Waals surface area contributed by atoms with Gasteiger partial charge in [0.2, 0.25) is 0 Å². The number of carboxylic acid groups (broad SMARTS) is 1. The molecule has 0 unspecified atom stereocenters. The lowest BCUT2D eigenvalue weighted by molar-refractivity contribution is -0.133. The van der Waals surface area contributed by atoms with Crippen LogP contribution >= 0.6 is 27.7 Å². The van der Waals surface area contributed by atoms with E-state index in [1.807, 2.05) is 18.2 Å². The fourth-order valence-electron chi connectivity index (χ4n) is 1.83. The second-order valence-corrected chi connectivity index (χ2v) is 7.67. The minimum absolute atomic E-state index is 0.0730. The molecule has 23 heavy (non-hydrogen) atoms. The third kappa shape index (κ3) is 5.24. The van der Waals surface area contributed by atoms with Gasteiger partial charge in [0.25, 0.3) is 11.1 Å². The number of carbonyl (C=O) groups is 1. The molecule has 0 aliphatic heterocycles. The summed E-state index contributed by atoms with van der Waals surface area (Å²) in [5.74, 6) is -0.00129. The highest BCUT2D eigenvalue weighted by Gasteiger charge is 2.20. The van der Waals surface area contributed by atoms with Crippen LogP contribution in [0.2, 0.25) is 0 Å². The van der Waals surface area contributed by atoms with E-state index in [2.05, 4.69) is 46.9 Å². The van der Waals surface area contributed by atoms with Crippen molar-refractivity contribution in [2.75, 3.05) is 5.75 Å². The van der Waals surface area contributed by atoms with Crippen LogP contribution in [0.5, 0.6) is 5.75 Å². The van der Waals surface area contributed by atoms with Crippen molar-refractivity contribution in [2.24, 2.45) is 0 Å². The van der Waals surface area contributed by atoms with Gasteiger partial charge in [-0.2, -0.15) is 0 Å². The van der Waals surface area contributed by atoms with E-state index in [0.29, 0.717) is 5.89 Å². The summed E-state index contributed by atoms with van der Waals surface area (Å²) in [6, 6.07) is 5.82. The van der Waals surface area contributed by atoms with Crippen LogP contribution < -0.4 is 4.74 Å². The minimum atomic E-state index is -0.935. The van der Waals surface area contributed by atoms with Crippen molar-refractivity contribution in [2.45, 2.75) is 38.0 Å². The second-order valence-electron chi connectivity index (χ2n) is 5.82. The summed E-state index contributed by atoms with van der Waals surface area (Å²) in [5.41, 5.74) is 0.989. The Morgan fingerprint density at radius 1 is 1.39 bits per heavy atom. The van der Waals surface area contributed by atoms with Gasteiger partial charge >= 0.3 is 5.97 Å². The predicted octanol–water partition coefficient (Wildman–Crippen LogP) is 3.89. The average molecular weight is 401 g/mol. The monoisotopic (exact) mass is 400 g/mol. The Bertz CT molecular complexity index is 697. The number of ether oxygens (including phenoxy) is 1. The largest absolute Gasteiger partial charge is 0.484 e. The normalized spacial score (nSPS) is 11.5. The van der Waals surface area contributed by atoms with Gasteiger partial charge in [-0.1, -0.05) is 48.5 Å². The molecule has 0 bridgehead atoms. The van der Waals surface area contributed by atoms with Crippen molar-refractivity contribution in [3.63, 3.8) is 0 Å². The van der Waals surface area contributed by atoms with Crippen LogP contribution in [0.4, 0.5) is 0 Å². The molecule has 0 radical (unpaired) electrons. The fourth-order valence-corrected chi connectivity index (χ4v) is 2.69. The molecule has 0 atom stereocenters. The highest BCUT2D eigenvalue weighted by Crippen LogP contribution is 2.34. The number of hydrogen-bond acceptors (Lipinski definition) is 6. The van der Waals surface area contributed by atoms with E-state index in [9.17, 15) is 4.79 Å². The molecule has 0 amide bonds. The van der Waals surface area contributed by atoms with Crippen molar-refractivity contribution in [1.82, 2.24) is 10.2 Å². The topological polar surface area (TPSA) is 85.5 Å². The van der Waals surface area contributed by atoms with Crippen molar-refractivity contribution in [1.29, 1.82) is 0 Å². The van der Waals surface area contributed by atoms with Gasteiger partial charge in [-0.3, -0.25) is 4.79 Å². The summed E-state index contributed by atoms with van der Waals surface area (Å²) >= 11 is 4.45. The third-order valence-electron chi connectivity index (χ3n) is 2.87. The average Bonchev–Trinajstić information content (AvgIpc) is 2.91. The van der Waals surface area contributed by atoms with Crippen molar-refractivity contribution in [3.05, 3.63) is 34.1 Å². The number of halogens is 1. The van der Waals surface area contributed by atoms with Gasteiger partial charge in [0.15, 0.2) is 6.61 Å². The molecule has 0 saturated carbocycles. The minimum Gasteiger partial charge on any atom is -0.484 e. The van der Waals surface area contributed by atoms with Gasteiger partial charge in [0.1, 0.15) is 11.5 Å². The van der Waals surface area contributed by atoms with Crippen LogP contribution in [-0.4, -0.2) is 27.0 Å². The van der Waals surface area contributed by atoms with Gasteiger partial charge in [0.05, 0.1) is 0 Å². The Balaban J connectivity index is 2.05. The molecule has 0 saturated heterocycles. The third-order valence-corrected chi connectivity index (χ3v) is 4.16. The first kappa shape index (κ1) is 17.8. The molecular weight excluding hydrogens is 384 g/mol. The molecule has 0 fully saturated rings. The maximum absolute atomic E-state index is 10.5. The number of rotatable bonds is 6. The first-order chi connectivity index (χ1) is 10.8. The van der Waals surface area contributed by atoms with E-state index in [1.54, 1.807) is 0 Å². The summed E-state index contributed by atoms with van der Waals surface area (Å²) in [6.07, 6.45) is 0. The lowest BCUT2D eigenvalue weighted by Crippen LogP contribution is -2.13. The first-order valence-corrected chi connectivity index (χ1v) is 8.63. The highest BCUT2D eigenvalue weighted by molar-refractivity contribution is 9.10. The van der Waals surface area contributed by atoms with E-state index < -0.39 is 5.97 Å². The van der Waals surface area contributed by atoms with E-state index in [0.717, 1.165) is 27.5 Å². The molecule has 2 rings (SSSR count). The number of aromatic nitrogens is 2. The Kier molecular flexibility index (Phi) is 5.69. The standard InChI is InChI=1S/C15H17BrN2O4S/c1-15(2,3)10-6-9(16)4-5-11(10)21-7-12-17-18-14(22-12)23-8-13(19)20/h4-6H,7-8H2,1-3H3,(H,19,20). The Morgan fingerprint density at radius 3 is 2.78 bits per heavy atom. The molecule has 1 heterocycles. The van der Waals surface area contributed by atoms with Crippen LogP contribution in [0.3, 0.4) is 0 Å². The Labute approximate surface area is 146 Å². The number of carboxylic acids is 1. The summed E-state index contributed by atoms with van der Waals surface area (Å²) in [4.78, 5) is 10.5. The van der Waals surface area contributed by atoms with Crippen molar-refractivity contribution < 1.29 is 19.1 Å². The quantitative estimate of drug-likeness (QED) is 0.735. The van der Waals surface area contributed by atoms with Crippen LogP contribution in [0.1, 0.15) is 32.2 Å². The Hall–Kier alpha value is -1.54. The van der Waals surface area contributed by atoms with E-state index >= 15 is 0 Å². The second kappa shape index (κ2) is 7.35. The maximum Gasteiger partial charge on any atom is 0.314 e. The van der Waals surface area contributed by atoms with E-state index in [1.165, 1.54) is 0 Å². The van der Waals surface area contributed by atoms with Gasteiger partial charge in [-0.25, -0.2) is 0 Å². The van der Waals surface area contributed by atoms with Crippen LogP contribution in [0, 0.1) is 0 Å². The zero-order valence-electron chi connectivity index (χ0n) is 13.0. The SMILES string of the molecule is CC(C)(C)c1cc(Br)ccc1OCc1nnc(SCC(=O)O)o1. The van der Waals surface area contributed by atoms with Crippen molar-refractivity contribution >= 4 is 33.7 Å². The number of nitrogens with zero attached hydrogens (tertiary/aromatic N) is 2. The van der Waals surface area contributed by atoms with Gasteiger partial charge in [-0.15, -0.1) is 10.2 Å². The predicted molar refractivity (Wildman–Crippen MR) is 89.8 cm³/mol. The summed E-state index contributed by atoms with van der Waals surface area (Å²) in [6.45, 7) is 6.45. The van der Waals surface area contributed by atoms with Crippen LogP contribution in [0.25, 0.3) is 0 Å².